The van der Waals surface area contributed by atoms with E-state index in [-0.39, 0.29) is 17.9 Å². The van der Waals surface area contributed by atoms with Gasteiger partial charge in [-0.1, -0.05) is 41.3 Å². The van der Waals surface area contributed by atoms with E-state index in [4.69, 9.17) is 4.74 Å². The summed E-state index contributed by atoms with van der Waals surface area (Å²) in [5.74, 6) is -3.27. The maximum absolute atomic E-state index is 14.0. The number of nitrogens with one attached hydrogen (secondary N) is 1. The van der Waals surface area contributed by atoms with E-state index in [1.54, 1.807) is 24.3 Å². The molecule has 2 aliphatic heterocycles. The van der Waals surface area contributed by atoms with Crippen molar-refractivity contribution < 1.29 is 28.4 Å². The van der Waals surface area contributed by atoms with Crippen LogP contribution in [0.4, 0.5) is 21.5 Å². The van der Waals surface area contributed by atoms with E-state index in [1.165, 1.54) is 60.2 Å². The third kappa shape index (κ3) is 4.97. The van der Waals surface area contributed by atoms with Crippen molar-refractivity contribution >= 4 is 57.9 Å². The minimum atomic E-state index is -0.953. The number of amides is 3. The minimum Gasteiger partial charge on any atom is -0.496 e. The number of methoxy groups -OCH3 is 1. The van der Waals surface area contributed by atoms with Crippen LogP contribution in [0.5, 0.6) is 5.75 Å². The Bertz CT molecular complexity index is 1840. The Labute approximate surface area is 251 Å². The molecule has 43 heavy (non-hydrogen) atoms. The van der Waals surface area contributed by atoms with Crippen LogP contribution in [-0.2, 0) is 20.9 Å². The van der Waals surface area contributed by atoms with Crippen LogP contribution in [-0.4, -0.2) is 39.6 Å². The molecule has 11 nitrogen and oxygen atoms in total. The largest absolute Gasteiger partial charge is 0.496 e. The number of para-hydroxylation sites is 1. The van der Waals surface area contributed by atoms with E-state index in [1.807, 2.05) is 0 Å². The minimum absolute atomic E-state index is 0.188. The van der Waals surface area contributed by atoms with Gasteiger partial charge in [0, 0.05) is 34.2 Å². The van der Waals surface area contributed by atoms with Gasteiger partial charge in [-0.15, -0.1) is 0 Å². The molecule has 0 bridgehead atoms. The summed E-state index contributed by atoms with van der Waals surface area (Å²) in [7, 11) is 1.48. The molecule has 6 rings (SSSR count). The first-order valence-corrected chi connectivity index (χ1v) is 14.6. The molecular formula is C29H21FN4O7S2. The zero-order valence-electron chi connectivity index (χ0n) is 22.3. The molecule has 3 aromatic carbocycles. The molecule has 218 valence electrons. The Kier molecular flexibility index (Phi) is 7.31. The van der Waals surface area contributed by atoms with Gasteiger partial charge in [-0.2, -0.15) is 0 Å². The zero-order chi connectivity index (χ0) is 30.4. The van der Waals surface area contributed by atoms with Crippen molar-refractivity contribution in [2.75, 3.05) is 17.3 Å². The number of non-ortho nitro benzene ring substituents is 1. The number of fused-ring (bicyclic) bond motifs is 2. The molecule has 3 atom stereocenters. The first kappa shape index (κ1) is 28.3. The number of rotatable bonds is 7. The van der Waals surface area contributed by atoms with E-state index in [0.717, 1.165) is 28.0 Å². The highest BCUT2D eigenvalue weighted by Gasteiger charge is 2.57. The monoisotopic (exact) mass is 620 g/mol. The maximum Gasteiger partial charge on any atom is 0.308 e. The van der Waals surface area contributed by atoms with Gasteiger partial charge in [0.1, 0.15) is 23.4 Å². The van der Waals surface area contributed by atoms with Gasteiger partial charge < -0.3 is 10.1 Å². The van der Waals surface area contributed by atoms with Crippen molar-refractivity contribution in [1.29, 1.82) is 0 Å². The SMILES string of the molecule is COc1ccccc1[C@H]1c2sc(=O)n(CC(=O)Nc3ccc(F)cc3)c2SC2C(=O)N(c3ccc([N+](=O)[O-])cc3)C(=O)C21. The lowest BCUT2D eigenvalue weighted by Gasteiger charge is -2.31. The smallest absolute Gasteiger partial charge is 0.308 e. The predicted octanol–water partition coefficient (Wildman–Crippen LogP) is 4.40. The molecule has 2 aliphatic rings. The number of nitro benzene ring substituents is 1. The number of thiazole rings is 1. The van der Waals surface area contributed by atoms with Gasteiger partial charge in [0.15, 0.2) is 0 Å². The Hall–Kier alpha value is -4.82. The fourth-order valence-corrected chi connectivity index (χ4v) is 8.13. The first-order chi connectivity index (χ1) is 20.7. The van der Waals surface area contributed by atoms with Crippen LogP contribution in [0.25, 0.3) is 0 Å². The quantitative estimate of drug-likeness (QED) is 0.182. The van der Waals surface area contributed by atoms with Crippen LogP contribution < -0.4 is 19.8 Å². The van der Waals surface area contributed by atoms with Gasteiger partial charge in [0.25, 0.3) is 5.69 Å². The number of anilines is 2. The highest BCUT2D eigenvalue weighted by atomic mass is 32.2. The highest BCUT2D eigenvalue weighted by Crippen LogP contribution is 2.55. The molecule has 0 radical (unpaired) electrons. The standard InChI is InChI=1S/C29H21FN4O7S2/c1-41-20-5-3-2-4-19(20)22-23-24(27(37)33(26(23)36)17-10-12-18(13-11-17)34(39)40)42-28-25(22)43-29(38)32(28)14-21(35)31-16-8-6-15(30)7-9-16/h2-13,22-24H,14H2,1H3,(H,31,35)/t22-,23?,24?/m1/s1. The Morgan fingerprint density at radius 3 is 2.40 bits per heavy atom. The van der Waals surface area contributed by atoms with Gasteiger partial charge in [-0.3, -0.25) is 33.9 Å². The van der Waals surface area contributed by atoms with Gasteiger partial charge in [0.05, 0.1) is 28.7 Å². The number of hydrogen-bond acceptors (Lipinski definition) is 9. The molecule has 0 aliphatic carbocycles. The Morgan fingerprint density at radius 1 is 1.02 bits per heavy atom. The fraction of sp³-hybridized carbons (Fsp3) is 0.172. The maximum atomic E-state index is 14.0. The average molecular weight is 621 g/mol. The molecule has 4 aromatic rings. The summed E-state index contributed by atoms with van der Waals surface area (Å²) in [6.45, 7) is -0.376. The number of thioether (sulfide) groups is 1. The van der Waals surface area contributed by atoms with Crippen LogP contribution in [0.2, 0.25) is 0 Å². The lowest BCUT2D eigenvalue weighted by molar-refractivity contribution is -0.384. The number of nitro groups is 1. The molecule has 1 saturated heterocycles. The van der Waals surface area contributed by atoms with Crippen molar-refractivity contribution in [3.8, 4) is 5.75 Å². The molecule has 1 aromatic heterocycles. The van der Waals surface area contributed by atoms with Crippen molar-refractivity contribution in [3.05, 3.63) is 109 Å². The molecule has 0 spiro atoms. The van der Waals surface area contributed by atoms with Gasteiger partial charge in [-0.25, -0.2) is 9.29 Å². The zero-order valence-corrected chi connectivity index (χ0v) is 23.9. The number of nitrogens with zero attached hydrogens (tertiary/aromatic N) is 3. The second-order valence-corrected chi connectivity index (χ2v) is 11.9. The van der Waals surface area contributed by atoms with E-state index in [0.29, 0.717) is 26.9 Å². The van der Waals surface area contributed by atoms with Crippen LogP contribution in [0, 0.1) is 21.8 Å². The topological polar surface area (TPSA) is 141 Å². The first-order valence-electron chi connectivity index (χ1n) is 12.9. The third-order valence-corrected chi connectivity index (χ3v) is 9.88. The van der Waals surface area contributed by atoms with E-state index in [2.05, 4.69) is 5.32 Å². The van der Waals surface area contributed by atoms with Crippen LogP contribution in [0.3, 0.4) is 0 Å². The van der Waals surface area contributed by atoms with E-state index < -0.39 is 50.4 Å². The lowest BCUT2D eigenvalue weighted by atomic mass is 9.82. The summed E-state index contributed by atoms with van der Waals surface area (Å²) < 4.78 is 20.2. The molecule has 1 N–H and O–H groups in total. The number of hydrogen-bond donors (Lipinski definition) is 1. The Balaban J connectivity index is 1.42. The lowest BCUT2D eigenvalue weighted by Crippen LogP contribution is -2.33. The van der Waals surface area contributed by atoms with E-state index in [9.17, 15) is 33.7 Å². The highest BCUT2D eigenvalue weighted by molar-refractivity contribution is 8.00. The number of benzene rings is 3. The number of ether oxygens (including phenoxy) is 1. The van der Waals surface area contributed by atoms with E-state index >= 15 is 0 Å². The van der Waals surface area contributed by atoms with Crippen molar-refractivity contribution in [2.24, 2.45) is 5.92 Å². The summed E-state index contributed by atoms with van der Waals surface area (Å²) in [6, 6.07) is 17.3. The summed E-state index contributed by atoms with van der Waals surface area (Å²) in [6.07, 6.45) is 0. The number of carbonyl (C=O) groups is 3. The summed E-state index contributed by atoms with van der Waals surface area (Å²) in [5, 5.41) is 13.2. The predicted molar refractivity (Wildman–Crippen MR) is 157 cm³/mol. The molecule has 14 heteroatoms. The summed E-state index contributed by atoms with van der Waals surface area (Å²) in [4.78, 5) is 65.8. The van der Waals surface area contributed by atoms with Crippen molar-refractivity contribution in [1.82, 2.24) is 4.57 Å². The summed E-state index contributed by atoms with van der Waals surface area (Å²) in [5.41, 5.74) is 0.941. The third-order valence-electron chi connectivity index (χ3n) is 7.27. The van der Waals surface area contributed by atoms with Gasteiger partial charge in [0.2, 0.25) is 17.7 Å². The van der Waals surface area contributed by atoms with Crippen molar-refractivity contribution in [3.63, 3.8) is 0 Å². The van der Waals surface area contributed by atoms with Crippen molar-refractivity contribution in [2.45, 2.75) is 22.7 Å². The molecule has 0 saturated carbocycles. The van der Waals surface area contributed by atoms with Crippen LogP contribution >= 0.6 is 23.1 Å². The molecule has 1 fully saturated rings. The molecule has 3 amide bonds. The van der Waals surface area contributed by atoms with Gasteiger partial charge in [-0.05, 0) is 42.5 Å². The number of aromatic nitrogens is 1. The van der Waals surface area contributed by atoms with Crippen LogP contribution in [0.15, 0.2) is 82.6 Å². The Morgan fingerprint density at radius 2 is 1.72 bits per heavy atom. The number of halogens is 1. The summed E-state index contributed by atoms with van der Waals surface area (Å²) >= 11 is 1.93. The number of imide groups is 1. The second-order valence-electron chi connectivity index (χ2n) is 9.75. The molecule has 3 heterocycles. The van der Waals surface area contributed by atoms with Gasteiger partial charge >= 0.3 is 4.87 Å². The normalized spacial score (nSPS) is 19.1. The average Bonchev–Trinajstić information content (AvgIpc) is 3.44. The van der Waals surface area contributed by atoms with Crippen LogP contribution in [0.1, 0.15) is 16.4 Å². The number of carbonyl (C=O) groups excluding carboxylic acids is 3. The second kappa shape index (κ2) is 11.1. The molecule has 2 unspecified atom stereocenters. The fourth-order valence-electron chi connectivity index (χ4n) is 5.37. The molecular weight excluding hydrogens is 599 g/mol.